The second kappa shape index (κ2) is 5.90. The van der Waals surface area contributed by atoms with Gasteiger partial charge in [-0.05, 0) is 12.8 Å². The molecule has 2 aliphatic rings. The molecule has 0 aromatic rings. The maximum Gasteiger partial charge on any atom is 0.326 e. The number of aliphatic hydroxyl groups is 1. The van der Waals surface area contributed by atoms with Crippen molar-refractivity contribution >= 4 is 21.9 Å². The van der Waals surface area contributed by atoms with Crippen LogP contribution in [0.25, 0.3) is 0 Å². The molecule has 2 fully saturated rings. The highest BCUT2D eigenvalue weighted by Gasteiger charge is 2.42. The van der Waals surface area contributed by atoms with E-state index in [9.17, 15) is 23.1 Å². The number of β-amino-alcohol motifs (C(OH)–C–C–N with tert-alkyl or cyclic N) is 1. The van der Waals surface area contributed by atoms with Crippen molar-refractivity contribution in [2.45, 2.75) is 31.4 Å². The zero-order valence-electron chi connectivity index (χ0n) is 11.8. The second-order valence-electron chi connectivity index (χ2n) is 5.69. The van der Waals surface area contributed by atoms with Crippen molar-refractivity contribution in [3.05, 3.63) is 0 Å². The fourth-order valence-corrected chi connectivity index (χ4v) is 3.88. The van der Waals surface area contributed by atoms with E-state index in [1.54, 1.807) is 0 Å². The van der Waals surface area contributed by atoms with Gasteiger partial charge in [-0.15, -0.1) is 0 Å². The van der Waals surface area contributed by atoms with Crippen LogP contribution in [0.3, 0.4) is 0 Å². The number of carboxylic acids is 1. The van der Waals surface area contributed by atoms with Gasteiger partial charge in [-0.3, -0.25) is 4.79 Å². The summed E-state index contributed by atoms with van der Waals surface area (Å²) in [7, 11) is -3.36. The van der Waals surface area contributed by atoms with E-state index >= 15 is 0 Å². The normalized spacial score (nSPS) is 31.3. The Kier molecular flexibility index (Phi) is 4.54. The van der Waals surface area contributed by atoms with Gasteiger partial charge in [-0.2, -0.15) is 0 Å². The summed E-state index contributed by atoms with van der Waals surface area (Å²) in [6.07, 6.45) is 1.37. The molecule has 2 saturated heterocycles. The third-order valence-electron chi connectivity index (χ3n) is 4.05. The monoisotopic (exact) mass is 320 g/mol. The standard InChI is InChI=1S/C12H20N2O6S/c1-21(19,20)13-4-2-3-8(6-13)11(16)14-7-9(15)5-10(14)12(17)18/h8-10,15H,2-7H2,1H3,(H,17,18)/t8?,9-,10-/m0/s1. The molecule has 0 aromatic heterocycles. The summed E-state index contributed by atoms with van der Waals surface area (Å²) in [5.74, 6) is -2.07. The van der Waals surface area contributed by atoms with Crippen molar-refractivity contribution < 1.29 is 28.2 Å². The molecule has 1 amide bonds. The Bertz CT molecular complexity index is 534. The summed E-state index contributed by atoms with van der Waals surface area (Å²) in [6, 6.07) is -1.03. The molecule has 0 bridgehead atoms. The second-order valence-corrected chi connectivity index (χ2v) is 7.68. The van der Waals surface area contributed by atoms with Crippen LogP contribution in [0.1, 0.15) is 19.3 Å². The molecule has 9 heteroatoms. The van der Waals surface area contributed by atoms with Crippen LogP contribution < -0.4 is 0 Å². The van der Waals surface area contributed by atoms with E-state index in [0.29, 0.717) is 19.4 Å². The van der Waals surface area contributed by atoms with Crippen LogP contribution in [-0.4, -0.2) is 77.7 Å². The van der Waals surface area contributed by atoms with Gasteiger partial charge in [0.2, 0.25) is 15.9 Å². The fourth-order valence-electron chi connectivity index (χ4n) is 2.97. The minimum absolute atomic E-state index is 0.00875. The highest BCUT2D eigenvalue weighted by Crippen LogP contribution is 2.26. The van der Waals surface area contributed by atoms with E-state index in [0.717, 1.165) is 6.26 Å². The molecule has 8 nitrogen and oxygen atoms in total. The third-order valence-corrected chi connectivity index (χ3v) is 5.32. The molecule has 1 unspecified atom stereocenters. The van der Waals surface area contributed by atoms with Crippen molar-refractivity contribution in [3.63, 3.8) is 0 Å². The lowest BCUT2D eigenvalue weighted by atomic mass is 9.97. The average Bonchev–Trinajstić information content (AvgIpc) is 2.79. The quantitative estimate of drug-likeness (QED) is 0.668. The third kappa shape index (κ3) is 3.53. The number of aliphatic carboxylic acids is 1. The maximum absolute atomic E-state index is 12.5. The number of rotatable bonds is 3. The average molecular weight is 320 g/mol. The number of nitrogens with zero attached hydrogens (tertiary/aromatic N) is 2. The molecule has 3 atom stereocenters. The van der Waals surface area contributed by atoms with Gasteiger partial charge in [0.1, 0.15) is 6.04 Å². The zero-order chi connectivity index (χ0) is 15.8. The van der Waals surface area contributed by atoms with Crippen molar-refractivity contribution in [2.75, 3.05) is 25.9 Å². The van der Waals surface area contributed by atoms with E-state index in [4.69, 9.17) is 5.11 Å². The number of hydrogen-bond donors (Lipinski definition) is 2. The van der Waals surface area contributed by atoms with Crippen LogP contribution in [-0.2, 0) is 19.6 Å². The Hall–Kier alpha value is -1.19. The van der Waals surface area contributed by atoms with Crippen LogP contribution in [0.15, 0.2) is 0 Å². The first-order chi connectivity index (χ1) is 9.70. The fraction of sp³-hybridized carbons (Fsp3) is 0.833. The molecule has 0 radical (unpaired) electrons. The molecule has 2 N–H and O–H groups in total. The van der Waals surface area contributed by atoms with Crippen molar-refractivity contribution in [1.82, 2.24) is 9.21 Å². The Morgan fingerprint density at radius 2 is 1.90 bits per heavy atom. The van der Waals surface area contributed by atoms with E-state index in [-0.39, 0.29) is 25.4 Å². The SMILES string of the molecule is CS(=O)(=O)N1CCCC(C(=O)N2C[C@@H](O)C[C@H]2C(=O)O)C1. The summed E-state index contributed by atoms with van der Waals surface area (Å²) >= 11 is 0. The lowest BCUT2D eigenvalue weighted by Crippen LogP contribution is -2.49. The van der Waals surface area contributed by atoms with Gasteiger partial charge in [0.15, 0.2) is 0 Å². The first kappa shape index (κ1) is 16.2. The number of carbonyl (C=O) groups excluding carboxylic acids is 1. The Balaban J connectivity index is 2.10. The minimum atomic E-state index is -3.36. The van der Waals surface area contributed by atoms with Crippen molar-refractivity contribution in [2.24, 2.45) is 5.92 Å². The molecule has 0 saturated carbocycles. The highest BCUT2D eigenvalue weighted by molar-refractivity contribution is 7.88. The number of sulfonamides is 1. The van der Waals surface area contributed by atoms with E-state index < -0.39 is 34.1 Å². The number of carbonyl (C=O) groups is 2. The van der Waals surface area contributed by atoms with Crippen molar-refractivity contribution in [1.29, 1.82) is 0 Å². The molecular weight excluding hydrogens is 300 g/mol. The Morgan fingerprint density at radius 1 is 1.24 bits per heavy atom. The summed E-state index contributed by atoms with van der Waals surface area (Å²) < 4.78 is 24.4. The number of carboxylic acid groups (broad SMARTS) is 1. The lowest BCUT2D eigenvalue weighted by molar-refractivity contribution is -0.150. The molecule has 2 heterocycles. The van der Waals surface area contributed by atoms with Crippen LogP contribution in [0.2, 0.25) is 0 Å². The number of hydrogen-bond acceptors (Lipinski definition) is 5. The molecule has 2 aliphatic heterocycles. The molecule has 21 heavy (non-hydrogen) atoms. The van der Waals surface area contributed by atoms with Crippen LogP contribution in [0.5, 0.6) is 0 Å². The smallest absolute Gasteiger partial charge is 0.326 e. The number of aliphatic hydroxyl groups excluding tert-OH is 1. The minimum Gasteiger partial charge on any atom is -0.480 e. The molecule has 2 rings (SSSR count). The molecular formula is C12H20N2O6S. The van der Waals surface area contributed by atoms with Gasteiger partial charge in [0.05, 0.1) is 18.3 Å². The molecule has 0 aliphatic carbocycles. The largest absolute Gasteiger partial charge is 0.480 e. The van der Waals surface area contributed by atoms with Crippen LogP contribution >= 0.6 is 0 Å². The zero-order valence-corrected chi connectivity index (χ0v) is 12.6. The topological polar surface area (TPSA) is 115 Å². The summed E-state index contributed by atoms with van der Waals surface area (Å²) in [5.41, 5.74) is 0. The highest BCUT2D eigenvalue weighted by atomic mass is 32.2. The lowest BCUT2D eigenvalue weighted by Gasteiger charge is -2.33. The van der Waals surface area contributed by atoms with Gasteiger partial charge in [0.25, 0.3) is 0 Å². The Morgan fingerprint density at radius 3 is 2.48 bits per heavy atom. The predicted molar refractivity (Wildman–Crippen MR) is 72.9 cm³/mol. The first-order valence-corrected chi connectivity index (χ1v) is 8.71. The molecule has 0 aromatic carbocycles. The number of amides is 1. The van der Waals surface area contributed by atoms with Gasteiger partial charge >= 0.3 is 5.97 Å². The molecule has 120 valence electrons. The summed E-state index contributed by atoms with van der Waals surface area (Å²) in [5, 5.41) is 18.7. The summed E-state index contributed by atoms with van der Waals surface area (Å²) in [4.78, 5) is 24.8. The molecule has 0 spiro atoms. The number of piperidine rings is 1. The van der Waals surface area contributed by atoms with Crippen LogP contribution in [0.4, 0.5) is 0 Å². The maximum atomic E-state index is 12.5. The van der Waals surface area contributed by atoms with Gasteiger partial charge < -0.3 is 15.1 Å². The van der Waals surface area contributed by atoms with Gasteiger partial charge in [0, 0.05) is 26.1 Å². The van der Waals surface area contributed by atoms with E-state index in [1.807, 2.05) is 0 Å². The predicted octanol–water partition coefficient (Wildman–Crippen LogP) is -1.30. The van der Waals surface area contributed by atoms with Gasteiger partial charge in [-0.1, -0.05) is 0 Å². The van der Waals surface area contributed by atoms with E-state index in [1.165, 1.54) is 9.21 Å². The number of likely N-dealkylation sites (tertiary alicyclic amines) is 1. The first-order valence-electron chi connectivity index (χ1n) is 6.86. The Labute approximate surface area is 123 Å². The van der Waals surface area contributed by atoms with Crippen molar-refractivity contribution in [3.8, 4) is 0 Å². The van der Waals surface area contributed by atoms with Gasteiger partial charge in [-0.25, -0.2) is 17.5 Å². The van der Waals surface area contributed by atoms with E-state index in [2.05, 4.69) is 0 Å². The van der Waals surface area contributed by atoms with Crippen LogP contribution in [0, 0.1) is 5.92 Å². The summed E-state index contributed by atoms with van der Waals surface area (Å²) in [6.45, 7) is 0.454.